The van der Waals surface area contributed by atoms with Crippen LogP contribution in [0.2, 0.25) is 18.1 Å². The summed E-state index contributed by atoms with van der Waals surface area (Å²) in [5, 5.41) is 10.7. The number of esters is 1. The van der Waals surface area contributed by atoms with Crippen molar-refractivity contribution >= 4 is 14.3 Å². The van der Waals surface area contributed by atoms with Crippen LogP contribution in [0.4, 0.5) is 0 Å². The highest BCUT2D eigenvalue weighted by Gasteiger charge is 2.53. The molecule has 0 radical (unpaired) electrons. The SMILES string of the molecule is CC(C)(C)[Si](C)(C)O[C@H]1CCCC2=CC(=O)OC21O. The lowest BCUT2D eigenvalue weighted by Crippen LogP contribution is -2.55. The number of hydrogen-bond acceptors (Lipinski definition) is 4. The zero-order valence-corrected chi connectivity index (χ0v) is 13.4. The van der Waals surface area contributed by atoms with Gasteiger partial charge < -0.3 is 14.3 Å². The van der Waals surface area contributed by atoms with E-state index in [1.54, 1.807) is 0 Å². The molecule has 1 N–H and O–H groups in total. The predicted molar refractivity (Wildman–Crippen MR) is 75.0 cm³/mol. The Kier molecular flexibility index (Phi) is 3.44. The van der Waals surface area contributed by atoms with Gasteiger partial charge in [0.05, 0.1) is 0 Å². The third-order valence-corrected chi connectivity index (χ3v) is 9.09. The van der Waals surface area contributed by atoms with Gasteiger partial charge in [0.2, 0.25) is 0 Å². The second-order valence-corrected chi connectivity index (χ2v) is 11.8. The van der Waals surface area contributed by atoms with Gasteiger partial charge in [0, 0.05) is 11.6 Å². The smallest absolute Gasteiger partial charge is 0.333 e. The van der Waals surface area contributed by atoms with E-state index >= 15 is 0 Å². The summed E-state index contributed by atoms with van der Waals surface area (Å²) in [6.45, 7) is 10.8. The molecule has 1 unspecified atom stereocenters. The summed E-state index contributed by atoms with van der Waals surface area (Å²) in [6, 6.07) is 0. The van der Waals surface area contributed by atoms with Gasteiger partial charge in [-0.2, -0.15) is 0 Å². The summed E-state index contributed by atoms with van der Waals surface area (Å²) >= 11 is 0. The Morgan fingerprint density at radius 1 is 1.47 bits per heavy atom. The van der Waals surface area contributed by atoms with Crippen LogP contribution in [0.1, 0.15) is 40.0 Å². The molecule has 4 nitrogen and oxygen atoms in total. The average Bonchev–Trinajstić information content (AvgIpc) is 2.52. The molecule has 19 heavy (non-hydrogen) atoms. The van der Waals surface area contributed by atoms with Crippen LogP contribution in [0.3, 0.4) is 0 Å². The van der Waals surface area contributed by atoms with Crippen LogP contribution in [0.25, 0.3) is 0 Å². The minimum absolute atomic E-state index is 0.0628. The first-order chi connectivity index (χ1) is 8.56. The van der Waals surface area contributed by atoms with Crippen LogP contribution in [0, 0.1) is 0 Å². The first-order valence-electron chi connectivity index (χ1n) is 6.90. The van der Waals surface area contributed by atoms with Gasteiger partial charge in [0.25, 0.3) is 5.79 Å². The van der Waals surface area contributed by atoms with Gasteiger partial charge in [-0.05, 0) is 37.4 Å². The Morgan fingerprint density at radius 2 is 2.11 bits per heavy atom. The maximum Gasteiger partial charge on any atom is 0.333 e. The van der Waals surface area contributed by atoms with Gasteiger partial charge in [-0.3, -0.25) is 0 Å². The van der Waals surface area contributed by atoms with Crippen molar-refractivity contribution in [2.24, 2.45) is 0 Å². The minimum atomic E-state index is -2.00. The van der Waals surface area contributed by atoms with Crippen molar-refractivity contribution in [3.8, 4) is 0 Å². The topological polar surface area (TPSA) is 55.8 Å². The molecular weight excluding hydrogens is 260 g/mol. The second-order valence-electron chi connectivity index (χ2n) is 7.05. The van der Waals surface area contributed by atoms with Crippen molar-refractivity contribution in [3.05, 3.63) is 11.6 Å². The van der Waals surface area contributed by atoms with E-state index in [0.29, 0.717) is 12.0 Å². The lowest BCUT2D eigenvalue weighted by atomic mass is 9.87. The molecule has 1 saturated carbocycles. The largest absolute Gasteiger partial charge is 0.423 e. The van der Waals surface area contributed by atoms with E-state index in [4.69, 9.17) is 9.16 Å². The normalized spacial score (nSPS) is 31.8. The summed E-state index contributed by atoms with van der Waals surface area (Å²) in [4.78, 5) is 11.4. The molecule has 1 heterocycles. The quantitative estimate of drug-likeness (QED) is 0.626. The van der Waals surface area contributed by atoms with E-state index < -0.39 is 26.2 Å². The van der Waals surface area contributed by atoms with Crippen LogP contribution in [0.15, 0.2) is 11.6 Å². The van der Waals surface area contributed by atoms with Crippen LogP contribution in [-0.4, -0.2) is 31.3 Å². The molecular formula is C14H24O4Si. The van der Waals surface area contributed by atoms with E-state index in [-0.39, 0.29) is 5.04 Å². The van der Waals surface area contributed by atoms with Crippen LogP contribution in [0.5, 0.6) is 0 Å². The van der Waals surface area contributed by atoms with Crippen LogP contribution < -0.4 is 0 Å². The molecule has 1 aliphatic carbocycles. The fraction of sp³-hybridized carbons (Fsp3) is 0.786. The van der Waals surface area contributed by atoms with Gasteiger partial charge in [-0.25, -0.2) is 4.79 Å². The molecule has 0 amide bonds. The second kappa shape index (κ2) is 4.43. The number of ether oxygens (including phenoxy) is 1. The Morgan fingerprint density at radius 3 is 2.68 bits per heavy atom. The van der Waals surface area contributed by atoms with Crippen molar-refractivity contribution in [1.82, 2.24) is 0 Å². The molecule has 0 aromatic carbocycles. The Hall–Kier alpha value is -0.653. The maximum atomic E-state index is 11.4. The summed E-state index contributed by atoms with van der Waals surface area (Å²) in [6.07, 6.45) is 3.35. The first kappa shape index (κ1) is 14.7. The molecule has 2 aliphatic rings. The van der Waals surface area contributed by atoms with Gasteiger partial charge in [0.1, 0.15) is 6.10 Å². The third-order valence-electron chi connectivity index (χ3n) is 4.60. The fourth-order valence-corrected chi connectivity index (χ4v) is 3.71. The summed E-state index contributed by atoms with van der Waals surface area (Å²) in [5.41, 5.74) is 0.674. The molecule has 2 rings (SSSR count). The zero-order chi connectivity index (χ0) is 14.5. The molecule has 0 aromatic heterocycles. The predicted octanol–water partition coefficient (Wildman–Crippen LogP) is 2.73. The molecule has 0 spiro atoms. The fourth-order valence-electron chi connectivity index (χ4n) is 2.36. The highest BCUT2D eigenvalue weighted by Crippen LogP contribution is 2.44. The zero-order valence-electron chi connectivity index (χ0n) is 12.4. The van der Waals surface area contributed by atoms with Crippen molar-refractivity contribution in [2.75, 3.05) is 0 Å². The van der Waals surface area contributed by atoms with E-state index in [1.807, 2.05) is 0 Å². The van der Waals surface area contributed by atoms with Gasteiger partial charge in [0.15, 0.2) is 8.32 Å². The van der Waals surface area contributed by atoms with Crippen molar-refractivity contribution in [1.29, 1.82) is 0 Å². The minimum Gasteiger partial charge on any atom is -0.423 e. The summed E-state index contributed by atoms with van der Waals surface area (Å²) < 4.78 is 11.4. The lowest BCUT2D eigenvalue weighted by molar-refractivity contribution is -0.219. The molecule has 5 heteroatoms. The Balaban J connectivity index is 2.22. The summed E-state index contributed by atoms with van der Waals surface area (Å²) in [7, 11) is -2.00. The van der Waals surface area contributed by atoms with E-state index in [2.05, 4.69) is 33.9 Å². The van der Waals surface area contributed by atoms with Crippen molar-refractivity contribution in [3.63, 3.8) is 0 Å². The third kappa shape index (κ3) is 2.51. The number of hydrogen-bond donors (Lipinski definition) is 1. The Labute approximate surface area is 115 Å². The molecule has 0 saturated heterocycles. The number of carbonyl (C=O) groups excluding carboxylic acids is 1. The van der Waals surface area contributed by atoms with E-state index in [9.17, 15) is 9.90 Å². The van der Waals surface area contributed by atoms with Crippen LogP contribution in [-0.2, 0) is 14.0 Å². The van der Waals surface area contributed by atoms with Gasteiger partial charge in [-0.1, -0.05) is 20.8 Å². The van der Waals surface area contributed by atoms with Crippen molar-refractivity contribution in [2.45, 2.75) is 70.1 Å². The highest BCUT2D eigenvalue weighted by molar-refractivity contribution is 6.74. The number of aliphatic hydroxyl groups is 1. The number of carbonyl (C=O) groups is 1. The molecule has 0 aromatic rings. The van der Waals surface area contributed by atoms with Gasteiger partial charge >= 0.3 is 5.97 Å². The first-order valence-corrected chi connectivity index (χ1v) is 9.81. The molecule has 1 fully saturated rings. The standard InChI is InChI=1S/C14H24O4Si/c1-13(2,3)19(4,5)18-11-8-6-7-10-9-12(15)17-14(10,11)16/h9,11,16H,6-8H2,1-5H3/t11-,14?/m0/s1. The maximum absolute atomic E-state index is 11.4. The van der Waals surface area contributed by atoms with E-state index in [1.165, 1.54) is 6.08 Å². The monoisotopic (exact) mass is 284 g/mol. The molecule has 1 aliphatic heterocycles. The molecule has 108 valence electrons. The summed E-state index contributed by atoms with van der Waals surface area (Å²) in [5.74, 6) is -1.98. The number of rotatable bonds is 2. The average molecular weight is 284 g/mol. The molecule has 0 bridgehead atoms. The van der Waals surface area contributed by atoms with Crippen LogP contribution >= 0.6 is 0 Å². The highest BCUT2D eigenvalue weighted by atomic mass is 28.4. The Bertz CT molecular complexity index is 422. The van der Waals surface area contributed by atoms with Crippen molar-refractivity contribution < 1.29 is 19.1 Å². The molecule has 2 atom stereocenters. The number of fused-ring (bicyclic) bond motifs is 1. The van der Waals surface area contributed by atoms with E-state index in [0.717, 1.165) is 12.8 Å². The van der Waals surface area contributed by atoms with Gasteiger partial charge in [-0.15, -0.1) is 0 Å². The lowest BCUT2D eigenvalue weighted by Gasteiger charge is -2.45.